The summed E-state index contributed by atoms with van der Waals surface area (Å²) in [7, 11) is 2.92. The predicted octanol–water partition coefficient (Wildman–Crippen LogP) is 5.76. The third-order valence-electron chi connectivity index (χ3n) is 25.2. The van der Waals surface area contributed by atoms with Crippen LogP contribution in [0.25, 0.3) is 0 Å². The highest BCUT2D eigenvalue weighted by atomic mass is 16.7. The minimum absolute atomic E-state index is 0.0124. The molecule has 2 amide bonds. The lowest BCUT2D eigenvalue weighted by molar-refractivity contribution is -0.318. The second-order valence-electron chi connectivity index (χ2n) is 34.8. The molecule has 30 nitrogen and oxygen atoms in total. The summed E-state index contributed by atoms with van der Waals surface area (Å²) in [5, 5.41) is 101. The number of carbonyl (C=O) groups excluding carboxylic acids is 4. The van der Waals surface area contributed by atoms with E-state index in [0.29, 0.717) is 25.7 Å². The molecule has 0 aromatic rings. The number of aliphatic hydroxyl groups excluding tert-OH is 4. The van der Waals surface area contributed by atoms with Crippen molar-refractivity contribution in [2.75, 3.05) is 27.3 Å². The van der Waals surface area contributed by atoms with Crippen molar-refractivity contribution in [1.82, 2.24) is 10.6 Å². The molecule has 6 fully saturated rings. The lowest BCUT2D eigenvalue weighted by Gasteiger charge is -2.49. The zero-order valence-electron chi connectivity index (χ0n) is 69.0. The van der Waals surface area contributed by atoms with Crippen LogP contribution in [-0.2, 0) is 75.9 Å². The maximum atomic E-state index is 14.6. The van der Waals surface area contributed by atoms with Crippen molar-refractivity contribution >= 4 is 24.1 Å². The highest BCUT2D eigenvalue weighted by Crippen LogP contribution is 2.46. The summed E-state index contributed by atoms with van der Waals surface area (Å²) in [6, 6.07) is -1.54. The standard InChI is InChI=1S/C78H142N4O26/c1-25-51-77(21,93)61(85)43(9)55(79)39(5)33-73(17,91)63(105-69-57(83)37(3)31-41(7)97-69)45(11)59(47(13)67(87)101-51)103-53-35-75(19,95-23)65(49(15)99-53)107-71(89)81-29-27-28-30-82-72(90)108-66-50(16)100-54(36-76(66,20)96-24)104-60-46(12)64(106-70-58(84)38(4)32-42(8)98-70)74(18,92)34-40(6)56(80)44(10)62(86)78(22,94)52(26-2)102-68(88)48(60)14/h37-66,69-70,83-86,91-94H,25-36,79-80H2,1-24H3,(H,81,89)(H,82,90)/t37?,38?,39-,40-,41?,42?,43+,44+,45+,46+,47-,48-,49?,50?,51-,52-,53?,54?,55+,56+,57?,58?,59+,60?,61-,62-,63-,64-,65?,66?,69?,70?,73-,74-,75?,76?,77-,78-/m1/s1. The van der Waals surface area contributed by atoms with Crippen LogP contribution < -0.4 is 22.1 Å². The van der Waals surface area contributed by atoms with Crippen molar-refractivity contribution in [3.8, 4) is 0 Å². The van der Waals surface area contributed by atoms with E-state index in [2.05, 4.69) is 10.6 Å². The number of nitrogens with one attached hydrogen (secondary N) is 2. The van der Waals surface area contributed by atoms with Gasteiger partial charge in [0, 0.05) is 75.9 Å². The van der Waals surface area contributed by atoms with Crippen LogP contribution in [0.2, 0.25) is 0 Å². The first-order valence-corrected chi connectivity index (χ1v) is 39.8. The second-order valence-corrected chi connectivity index (χ2v) is 34.8. The highest BCUT2D eigenvalue weighted by Gasteiger charge is 2.58. The zero-order valence-corrected chi connectivity index (χ0v) is 69.0. The lowest BCUT2D eigenvalue weighted by Crippen LogP contribution is -2.61. The molecule has 630 valence electrons. The number of cyclic esters (lactones) is 2. The van der Waals surface area contributed by atoms with Crippen LogP contribution in [0.4, 0.5) is 9.59 Å². The molecule has 0 aromatic heterocycles. The smallest absolute Gasteiger partial charge is 0.407 e. The van der Waals surface area contributed by atoms with Gasteiger partial charge in [-0.1, -0.05) is 69.2 Å². The lowest BCUT2D eigenvalue weighted by atomic mass is 9.72. The summed E-state index contributed by atoms with van der Waals surface area (Å²) in [4.78, 5) is 56.6. The molecule has 6 aliphatic heterocycles. The number of hydrogen-bond acceptors (Lipinski definition) is 28. The van der Waals surface area contributed by atoms with E-state index in [4.69, 9.17) is 77.8 Å². The van der Waals surface area contributed by atoms with Crippen molar-refractivity contribution in [2.45, 2.75) is 385 Å². The number of ether oxygens (including phenoxy) is 14. The molecule has 0 aliphatic carbocycles. The van der Waals surface area contributed by atoms with E-state index in [1.54, 1.807) is 96.9 Å². The fourth-order valence-corrected chi connectivity index (χ4v) is 18.1. The molecule has 0 saturated carbocycles. The monoisotopic (exact) mass is 1550 g/mol. The van der Waals surface area contributed by atoms with Crippen molar-refractivity contribution in [1.29, 1.82) is 0 Å². The van der Waals surface area contributed by atoms with E-state index >= 15 is 0 Å². The molecule has 6 aliphatic rings. The number of nitrogens with two attached hydrogens (primary N) is 2. The zero-order chi connectivity index (χ0) is 81.6. The quantitative estimate of drug-likeness (QED) is 0.0415. The topological polar surface area (TPSA) is 435 Å². The van der Waals surface area contributed by atoms with Crippen LogP contribution >= 0.6 is 0 Å². The number of carbonyl (C=O) groups is 4. The van der Waals surface area contributed by atoms with Crippen molar-refractivity contribution in [2.24, 2.45) is 70.6 Å². The van der Waals surface area contributed by atoms with Gasteiger partial charge in [0.25, 0.3) is 0 Å². The van der Waals surface area contributed by atoms with Gasteiger partial charge < -0.3 is 129 Å². The Morgan fingerprint density at radius 3 is 1.10 bits per heavy atom. The van der Waals surface area contributed by atoms with Crippen molar-refractivity contribution < 1.29 is 126 Å². The maximum Gasteiger partial charge on any atom is 0.407 e. The summed E-state index contributed by atoms with van der Waals surface area (Å²) >= 11 is 0. The van der Waals surface area contributed by atoms with E-state index in [1.165, 1.54) is 28.1 Å². The van der Waals surface area contributed by atoms with Gasteiger partial charge in [-0.15, -0.1) is 0 Å². The Morgan fingerprint density at radius 2 is 0.796 bits per heavy atom. The highest BCUT2D eigenvalue weighted by molar-refractivity contribution is 5.74. The first-order valence-electron chi connectivity index (χ1n) is 39.8. The van der Waals surface area contributed by atoms with E-state index < -0.39 is 228 Å². The molecule has 6 heterocycles. The maximum absolute atomic E-state index is 14.6. The molecular formula is C78H142N4O26. The van der Waals surface area contributed by atoms with Crippen molar-refractivity contribution in [3.63, 3.8) is 0 Å². The summed E-state index contributed by atoms with van der Waals surface area (Å²) in [5.74, 6) is -8.57. The summed E-state index contributed by atoms with van der Waals surface area (Å²) < 4.78 is 89.2. The second kappa shape index (κ2) is 38.4. The van der Waals surface area contributed by atoms with Crippen LogP contribution in [-0.4, -0.2) is 261 Å². The Labute approximate surface area is 641 Å². The summed E-state index contributed by atoms with van der Waals surface area (Å²) in [6.07, 6.45) is -20.7. The normalized spacial score (nSPS) is 48.8. The minimum Gasteiger partial charge on any atom is -0.459 e. The average Bonchev–Trinajstić information content (AvgIpc) is 0.788. The van der Waals surface area contributed by atoms with E-state index in [0.717, 1.165) is 0 Å². The molecule has 108 heavy (non-hydrogen) atoms. The Hall–Kier alpha value is -3.32. The molecule has 30 heteroatoms. The minimum atomic E-state index is -1.95. The summed E-state index contributed by atoms with van der Waals surface area (Å²) in [6.45, 7) is 37.8. The van der Waals surface area contributed by atoms with Gasteiger partial charge in [-0.2, -0.15) is 0 Å². The molecule has 0 aromatic carbocycles. The molecule has 14 N–H and O–H groups in total. The molecule has 0 bridgehead atoms. The molecule has 6 rings (SSSR count). The molecule has 17 unspecified atom stereocenters. The SMILES string of the molecule is CC[C@H]1OC(=O)[C@H](C)C(OC2CC(C)(OC)C(OC(=O)NCCCCNC(=O)OC3C(C)OC(O[C@H]4[C@H](C)[C@@H](OC5OC(C)CC(C)C5O)[C@](C)(O)C[C@@H](C)[C@H](N)[C@H](C)[C@@H](O)[C@](C)(O)[C@@H](CC)OC(=O)[C@@H]4C)CC3(C)OC)C(C)O2)[C@H](C)[C@@H](OC2OC(C)CC(C)C2O)[C@](C)(O)C[C@@H](C)[C@H](N)[C@H](C)[C@@H](O)[C@]1(C)O. The van der Waals surface area contributed by atoms with Gasteiger partial charge in [-0.3, -0.25) is 9.59 Å². The van der Waals surface area contributed by atoms with Crippen molar-refractivity contribution in [3.05, 3.63) is 0 Å². The number of hydrogen-bond donors (Lipinski definition) is 12. The van der Waals surface area contributed by atoms with E-state index in [1.807, 2.05) is 41.5 Å². The fourth-order valence-electron chi connectivity index (χ4n) is 18.1. The van der Waals surface area contributed by atoms with Gasteiger partial charge >= 0.3 is 24.1 Å². The third-order valence-corrected chi connectivity index (χ3v) is 25.2. The van der Waals surface area contributed by atoms with Crippen LogP contribution in [0, 0.1) is 59.2 Å². The Balaban J connectivity index is 1.11. The van der Waals surface area contributed by atoms with E-state index in [-0.39, 0.29) is 75.7 Å². The Kier molecular flexibility index (Phi) is 33.3. The van der Waals surface area contributed by atoms with Crippen LogP contribution in [0.5, 0.6) is 0 Å². The largest absolute Gasteiger partial charge is 0.459 e. The number of amides is 2. The number of aliphatic hydroxyl groups is 8. The predicted molar refractivity (Wildman–Crippen MR) is 396 cm³/mol. The summed E-state index contributed by atoms with van der Waals surface area (Å²) in [5.41, 5.74) is 3.75. The number of alkyl carbamates (subject to hydrolysis) is 2. The van der Waals surface area contributed by atoms with Gasteiger partial charge in [-0.05, 0) is 158 Å². The first-order chi connectivity index (χ1) is 50.0. The number of methoxy groups -OCH3 is 2. The van der Waals surface area contributed by atoms with Gasteiger partial charge in [0.05, 0.1) is 84.1 Å². The number of esters is 2. The molecule has 6 saturated heterocycles. The fraction of sp³-hybridized carbons (Fsp3) is 0.949. The van der Waals surface area contributed by atoms with Gasteiger partial charge in [0.15, 0.2) is 37.4 Å². The van der Waals surface area contributed by atoms with Gasteiger partial charge in [0.1, 0.15) is 46.8 Å². The third kappa shape index (κ3) is 22.0. The van der Waals surface area contributed by atoms with Crippen LogP contribution in [0.1, 0.15) is 217 Å². The molecule has 38 atom stereocenters. The van der Waals surface area contributed by atoms with Gasteiger partial charge in [-0.25, -0.2) is 9.59 Å². The first kappa shape index (κ1) is 93.5. The molecular weight excluding hydrogens is 1410 g/mol. The Bertz CT molecular complexity index is 2660. The number of unbranched alkanes of at least 4 members (excludes halogenated alkanes) is 1. The van der Waals surface area contributed by atoms with Crippen LogP contribution in [0.3, 0.4) is 0 Å². The molecule has 0 spiro atoms. The average molecular weight is 1550 g/mol. The Morgan fingerprint density at radius 1 is 0.472 bits per heavy atom. The van der Waals surface area contributed by atoms with Gasteiger partial charge in [0.2, 0.25) is 0 Å². The molecule has 0 radical (unpaired) electrons. The van der Waals surface area contributed by atoms with E-state index in [9.17, 15) is 60.0 Å². The number of rotatable bonds is 19. The van der Waals surface area contributed by atoms with Crippen LogP contribution in [0.15, 0.2) is 0 Å².